The van der Waals surface area contributed by atoms with E-state index in [9.17, 15) is 18.0 Å². The number of benzene rings is 1. The van der Waals surface area contributed by atoms with Gasteiger partial charge in [-0.3, -0.25) is 4.79 Å². The number of nitrogens with zero attached hydrogens (tertiary/aromatic N) is 1. The molecule has 2 fully saturated rings. The van der Waals surface area contributed by atoms with E-state index in [0.29, 0.717) is 25.0 Å². The Kier molecular flexibility index (Phi) is 7.96. The standard InChI is InChI=1S/C21H29ClN2O6S/c1-14-4-3-5-19(15(14)2)23-20(25)13-30-21(26)17-12-16(6-7-18(17)22)31(27,28)24-8-10-29-11-9-24/h6-7,12,14-15,19H,3-5,8-11,13H2,1-2H3,(H,23,25). The van der Waals surface area contributed by atoms with Crippen molar-refractivity contribution in [1.82, 2.24) is 9.62 Å². The number of rotatable bonds is 6. The number of amides is 1. The summed E-state index contributed by atoms with van der Waals surface area (Å²) in [5, 5.41) is 2.99. The third-order valence-electron chi connectivity index (χ3n) is 6.15. The molecule has 0 bridgehead atoms. The van der Waals surface area contributed by atoms with Crippen molar-refractivity contribution < 1.29 is 27.5 Å². The Balaban J connectivity index is 1.63. The Bertz CT molecular complexity index is 916. The fraction of sp³-hybridized carbons (Fsp3) is 0.619. The van der Waals surface area contributed by atoms with Crippen LogP contribution >= 0.6 is 11.6 Å². The van der Waals surface area contributed by atoms with Gasteiger partial charge in [0.25, 0.3) is 5.91 Å². The first-order valence-corrected chi connectivity index (χ1v) is 12.4. The molecule has 1 aliphatic heterocycles. The zero-order valence-electron chi connectivity index (χ0n) is 17.8. The number of ether oxygens (including phenoxy) is 2. The second kappa shape index (κ2) is 10.3. The fourth-order valence-electron chi connectivity index (χ4n) is 4.00. The van der Waals surface area contributed by atoms with Gasteiger partial charge < -0.3 is 14.8 Å². The van der Waals surface area contributed by atoms with Gasteiger partial charge in [0.15, 0.2) is 6.61 Å². The molecule has 0 radical (unpaired) electrons. The number of carbonyl (C=O) groups excluding carboxylic acids is 2. The molecular weight excluding hydrogens is 444 g/mol. The van der Waals surface area contributed by atoms with Gasteiger partial charge in [-0.15, -0.1) is 0 Å². The molecule has 1 amide bonds. The minimum absolute atomic E-state index is 0.0554. The van der Waals surface area contributed by atoms with Crippen LogP contribution in [0.1, 0.15) is 43.5 Å². The third kappa shape index (κ3) is 5.77. The van der Waals surface area contributed by atoms with E-state index in [4.69, 9.17) is 21.1 Å². The molecular formula is C21H29ClN2O6S. The Morgan fingerprint density at radius 1 is 1.23 bits per heavy atom. The second-order valence-corrected chi connectivity index (χ2v) is 10.5. The van der Waals surface area contributed by atoms with Crippen molar-refractivity contribution >= 4 is 33.5 Å². The molecule has 172 valence electrons. The molecule has 3 atom stereocenters. The lowest BCUT2D eigenvalue weighted by atomic mass is 9.78. The van der Waals surface area contributed by atoms with E-state index < -0.39 is 22.6 Å². The quantitative estimate of drug-likeness (QED) is 0.638. The van der Waals surface area contributed by atoms with Crippen molar-refractivity contribution in [3.05, 3.63) is 28.8 Å². The summed E-state index contributed by atoms with van der Waals surface area (Å²) >= 11 is 6.10. The average Bonchev–Trinajstić information content (AvgIpc) is 2.76. The smallest absolute Gasteiger partial charge is 0.340 e. The van der Waals surface area contributed by atoms with Crippen LogP contribution in [-0.4, -0.2) is 63.6 Å². The number of carbonyl (C=O) groups is 2. The van der Waals surface area contributed by atoms with E-state index in [1.54, 1.807) is 0 Å². The highest BCUT2D eigenvalue weighted by molar-refractivity contribution is 7.89. The Morgan fingerprint density at radius 3 is 2.65 bits per heavy atom. The molecule has 2 aliphatic rings. The molecule has 0 spiro atoms. The Morgan fingerprint density at radius 2 is 1.94 bits per heavy atom. The largest absolute Gasteiger partial charge is 0.452 e. The number of sulfonamides is 1. The van der Waals surface area contributed by atoms with Gasteiger partial charge in [-0.05, 0) is 36.5 Å². The Hall–Kier alpha value is -1.68. The van der Waals surface area contributed by atoms with Crippen molar-refractivity contribution in [3.8, 4) is 0 Å². The first-order valence-electron chi connectivity index (χ1n) is 10.5. The molecule has 1 saturated heterocycles. The molecule has 1 heterocycles. The van der Waals surface area contributed by atoms with Crippen molar-refractivity contribution in [2.24, 2.45) is 11.8 Å². The summed E-state index contributed by atoms with van der Waals surface area (Å²) in [4.78, 5) is 24.7. The summed E-state index contributed by atoms with van der Waals surface area (Å²) in [5.74, 6) is -0.349. The minimum atomic E-state index is -3.79. The summed E-state index contributed by atoms with van der Waals surface area (Å²) in [5.41, 5.74) is -0.0940. The number of hydrogen-bond donors (Lipinski definition) is 1. The second-order valence-electron chi connectivity index (χ2n) is 8.18. The molecule has 31 heavy (non-hydrogen) atoms. The predicted molar refractivity (Wildman–Crippen MR) is 115 cm³/mol. The lowest BCUT2D eigenvalue weighted by molar-refractivity contribution is -0.125. The van der Waals surface area contributed by atoms with Crippen LogP contribution in [0.4, 0.5) is 0 Å². The van der Waals surface area contributed by atoms with Crippen LogP contribution in [-0.2, 0) is 24.3 Å². The molecule has 8 nitrogen and oxygen atoms in total. The van der Waals surface area contributed by atoms with Gasteiger partial charge in [-0.1, -0.05) is 38.3 Å². The van der Waals surface area contributed by atoms with E-state index in [0.717, 1.165) is 19.3 Å². The van der Waals surface area contributed by atoms with Gasteiger partial charge in [-0.2, -0.15) is 4.31 Å². The van der Waals surface area contributed by atoms with Crippen LogP contribution in [0.15, 0.2) is 23.1 Å². The SMILES string of the molecule is CC1CCCC(NC(=O)COC(=O)c2cc(S(=O)(=O)N3CCOCC3)ccc2Cl)C1C. The molecule has 1 aromatic rings. The van der Waals surface area contributed by atoms with Gasteiger partial charge in [0.05, 0.1) is 28.7 Å². The minimum Gasteiger partial charge on any atom is -0.452 e. The molecule has 10 heteroatoms. The zero-order valence-corrected chi connectivity index (χ0v) is 19.4. The fourth-order valence-corrected chi connectivity index (χ4v) is 5.63. The first-order chi connectivity index (χ1) is 14.7. The van der Waals surface area contributed by atoms with Gasteiger partial charge >= 0.3 is 5.97 Å². The maximum absolute atomic E-state index is 12.8. The highest BCUT2D eigenvalue weighted by atomic mass is 35.5. The van der Waals surface area contributed by atoms with Crippen LogP contribution in [0, 0.1) is 11.8 Å². The van der Waals surface area contributed by atoms with Gasteiger partial charge in [0.2, 0.25) is 10.0 Å². The lowest BCUT2D eigenvalue weighted by Crippen LogP contribution is -2.45. The van der Waals surface area contributed by atoms with Gasteiger partial charge in [0, 0.05) is 19.1 Å². The van der Waals surface area contributed by atoms with Crippen LogP contribution in [0.25, 0.3) is 0 Å². The topological polar surface area (TPSA) is 102 Å². The highest BCUT2D eigenvalue weighted by Gasteiger charge is 2.29. The third-order valence-corrected chi connectivity index (χ3v) is 8.38. The van der Waals surface area contributed by atoms with Crippen molar-refractivity contribution in [1.29, 1.82) is 0 Å². The average molecular weight is 473 g/mol. The molecule has 0 aromatic heterocycles. The molecule has 1 aromatic carbocycles. The molecule has 3 rings (SSSR count). The van der Waals surface area contributed by atoms with E-state index in [-0.39, 0.29) is 40.5 Å². The van der Waals surface area contributed by atoms with Crippen molar-refractivity contribution in [2.75, 3.05) is 32.9 Å². The highest BCUT2D eigenvalue weighted by Crippen LogP contribution is 2.29. The maximum atomic E-state index is 12.8. The zero-order chi connectivity index (χ0) is 22.6. The van der Waals surface area contributed by atoms with Crippen LogP contribution < -0.4 is 5.32 Å². The molecule has 1 aliphatic carbocycles. The summed E-state index contributed by atoms with van der Waals surface area (Å²) in [6.45, 7) is 4.94. The van der Waals surface area contributed by atoms with E-state index in [1.165, 1.54) is 22.5 Å². The summed E-state index contributed by atoms with van der Waals surface area (Å²) < 4.78 is 37.3. The van der Waals surface area contributed by atoms with E-state index >= 15 is 0 Å². The summed E-state index contributed by atoms with van der Waals surface area (Å²) in [6, 6.07) is 3.94. The van der Waals surface area contributed by atoms with E-state index in [1.807, 2.05) is 0 Å². The number of morpholine rings is 1. The first kappa shape index (κ1) is 24.0. The Labute approximate surface area is 188 Å². The predicted octanol–water partition coefficient (Wildman–Crippen LogP) is 2.46. The van der Waals surface area contributed by atoms with Gasteiger partial charge in [-0.25, -0.2) is 13.2 Å². The molecule has 3 unspecified atom stereocenters. The van der Waals surface area contributed by atoms with Crippen LogP contribution in [0.2, 0.25) is 5.02 Å². The number of hydrogen-bond acceptors (Lipinski definition) is 6. The van der Waals surface area contributed by atoms with Crippen LogP contribution in [0.5, 0.6) is 0 Å². The number of esters is 1. The molecule has 1 N–H and O–H groups in total. The maximum Gasteiger partial charge on any atom is 0.340 e. The monoisotopic (exact) mass is 472 g/mol. The van der Waals surface area contributed by atoms with E-state index in [2.05, 4.69) is 19.2 Å². The number of nitrogens with one attached hydrogen (secondary N) is 1. The summed E-state index contributed by atoms with van der Waals surface area (Å²) in [6.07, 6.45) is 3.10. The molecule has 1 saturated carbocycles. The normalized spacial score (nSPS) is 25.1. The van der Waals surface area contributed by atoms with Crippen LogP contribution in [0.3, 0.4) is 0 Å². The van der Waals surface area contributed by atoms with Crippen molar-refractivity contribution in [2.45, 2.75) is 44.0 Å². The van der Waals surface area contributed by atoms with Gasteiger partial charge in [0.1, 0.15) is 0 Å². The lowest BCUT2D eigenvalue weighted by Gasteiger charge is -2.34. The summed E-state index contributed by atoms with van der Waals surface area (Å²) in [7, 11) is -3.79. The van der Waals surface area contributed by atoms with Crippen molar-refractivity contribution in [3.63, 3.8) is 0 Å². The number of halogens is 1.